The average Bonchev–Trinajstić information content (AvgIpc) is 1.65. The fourth-order valence-electron chi connectivity index (χ4n) is 13.1. The fourth-order valence-corrected chi connectivity index (χ4v) is 13.1. The molecule has 0 aliphatic rings. The van der Waals surface area contributed by atoms with E-state index in [1.54, 1.807) is 62.0 Å². The number of pyridine rings is 12. The summed E-state index contributed by atoms with van der Waals surface area (Å²) in [6.45, 7) is 0. The van der Waals surface area contributed by atoms with E-state index in [1.165, 1.54) is 0 Å². The number of aromatic nitrogens is 12. The third kappa shape index (κ3) is 23.3. The summed E-state index contributed by atoms with van der Waals surface area (Å²) in [5.74, 6) is 0. The van der Waals surface area contributed by atoms with E-state index >= 15 is 0 Å². The Morgan fingerprint density at radius 2 is 0.508 bits per heavy atom. The second-order valence-corrected chi connectivity index (χ2v) is 27.1. The molecule has 0 unspecified atom stereocenters. The summed E-state index contributed by atoms with van der Waals surface area (Å²) < 4.78 is 22.9. The smallest absolute Gasteiger partial charge is 0.216 e. The van der Waals surface area contributed by atoms with Crippen LogP contribution >= 0.6 is 0 Å². The second kappa shape index (κ2) is 46.4. The van der Waals surface area contributed by atoms with Crippen molar-refractivity contribution in [2.24, 2.45) is 0 Å². The van der Waals surface area contributed by atoms with Crippen molar-refractivity contribution < 1.29 is 98.1 Å². The number of rotatable bonds is 8. The van der Waals surface area contributed by atoms with Gasteiger partial charge in [0.25, 0.3) is 0 Å². The van der Waals surface area contributed by atoms with E-state index in [-0.39, 0.29) is 80.4 Å². The van der Waals surface area contributed by atoms with Crippen LogP contribution in [0.1, 0.15) is 0 Å². The Balaban J connectivity index is 0.000000126. The van der Waals surface area contributed by atoms with Gasteiger partial charge in [0.1, 0.15) is 16.7 Å². The van der Waals surface area contributed by atoms with Crippen LogP contribution in [-0.4, -0.2) is 59.8 Å². The molecule has 0 amide bonds. The van der Waals surface area contributed by atoms with Crippen molar-refractivity contribution in [3.8, 4) is 90.3 Å². The van der Waals surface area contributed by atoms with Crippen LogP contribution < -0.4 is 0 Å². The summed E-state index contributed by atoms with van der Waals surface area (Å²) in [5, 5.41) is 6.12. The van der Waals surface area contributed by atoms with E-state index in [0.29, 0.717) is 17.1 Å². The number of hydrogen-bond donors (Lipinski definition) is 0. The van der Waals surface area contributed by atoms with Crippen molar-refractivity contribution in [1.29, 1.82) is 0 Å². The number of nitrogens with zero attached hydrogens (tertiary/aromatic N) is 12. The van der Waals surface area contributed by atoms with Crippen molar-refractivity contribution >= 4 is 88.3 Å². The van der Waals surface area contributed by atoms with Gasteiger partial charge in [0.05, 0.1) is 27.8 Å². The molecule has 0 atom stereocenters. The molecule has 0 saturated carbocycles. The Labute approximate surface area is 792 Å². The van der Waals surface area contributed by atoms with Crippen LogP contribution in [0.15, 0.2) is 431 Å². The Kier molecular flexibility index (Phi) is 33.0. The molecule has 0 N–H and O–H groups in total. The number of fused-ring (bicyclic) bond motifs is 12. The van der Waals surface area contributed by atoms with Gasteiger partial charge >= 0.3 is 0 Å². The third-order valence-electron chi connectivity index (χ3n) is 19.0. The number of para-hydroxylation sites is 2. The van der Waals surface area contributed by atoms with Crippen LogP contribution in [0.4, 0.5) is 0 Å². The molecule has 0 aliphatic heterocycles. The van der Waals surface area contributed by atoms with Gasteiger partial charge in [-0.15, -0.1) is 197 Å². The van der Waals surface area contributed by atoms with Crippen molar-refractivity contribution in [1.82, 2.24) is 59.8 Å². The summed E-state index contributed by atoms with van der Waals surface area (Å²) in [4.78, 5) is 51.8. The molecule has 16 heterocycles. The topological polar surface area (TPSA) is 207 Å². The Morgan fingerprint density at radius 3 is 0.953 bits per heavy atom. The first-order valence-electron chi connectivity index (χ1n) is 39.5. The van der Waals surface area contributed by atoms with Crippen LogP contribution in [0.25, 0.3) is 179 Å². The molecular weight excluding hydrogens is 2300 g/mol. The van der Waals surface area contributed by atoms with Crippen molar-refractivity contribution in [3.63, 3.8) is 0 Å². The molecule has 628 valence electrons. The molecule has 8 aromatic carbocycles. The van der Waals surface area contributed by atoms with Crippen molar-refractivity contribution in [2.45, 2.75) is 0 Å². The zero-order valence-electron chi connectivity index (χ0n) is 67.6. The third-order valence-corrected chi connectivity index (χ3v) is 19.0. The van der Waals surface area contributed by atoms with Gasteiger partial charge in [-0.05, 0) is 153 Å². The summed E-state index contributed by atoms with van der Waals surface area (Å²) >= 11 is 0. The largest absolute Gasteiger partial charge is 0.513 e. The summed E-state index contributed by atoms with van der Waals surface area (Å²) in [6, 6.07) is 138. The average molecular weight is 2370 g/mol. The minimum Gasteiger partial charge on any atom is -0.513 e. The maximum atomic E-state index is 5.76. The van der Waals surface area contributed by atoms with Gasteiger partial charge in [-0.25, -0.2) is 9.97 Å². The van der Waals surface area contributed by atoms with Crippen LogP contribution in [0.2, 0.25) is 0 Å². The predicted molar refractivity (Wildman–Crippen MR) is 488 cm³/mol. The molecule has 4 radical (unpaired) electrons. The first kappa shape index (κ1) is 91.1. The molecule has 24 aromatic rings. The van der Waals surface area contributed by atoms with E-state index in [0.717, 1.165) is 161 Å². The molecule has 0 saturated heterocycles. The molecule has 128 heavy (non-hydrogen) atoms. The van der Waals surface area contributed by atoms with Crippen LogP contribution in [0.3, 0.4) is 0 Å². The summed E-state index contributed by atoms with van der Waals surface area (Å²) in [7, 11) is 0. The number of benzene rings is 8. The van der Waals surface area contributed by atoms with E-state index in [1.807, 2.05) is 352 Å². The van der Waals surface area contributed by atoms with Gasteiger partial charge in [0.15, 0.2) is 5.71 Å². The van der Waals surface area contributed by atoms with Crippen LogP contribution in [0, 0.1) is 48.5 Å². The molecule has 0 aliphatic carbocycles. The summed E-state index contributed by atoms with van der Waals surface area (Å²) in [5.41, 5.74) is 22.6. The first-order valence-corrected chi connectivity index (χ1v) is 39.5. The second-order valence-electron chi connectivity index (χ2n) is 27.1. The molecule has 20 heteroatoms. The number of furan rings is 4. The SMILES string of the molecule is [Ir].[Ir].[Ir].[Ir].[c-]1cc2c(nc1-c1ccccn1)oc1ccccc12.[c-]1cc2oc3ccccc3c2nc1-c1ccccn1.[c-]1cc2oc3cccnc3c2cc1-c1ccccn1.[c-]1cc2oc3ncccc3c2cc1-c1ccccn1.[c-]1ccccc1-c1ccccn1.[c-]1ccccc1-c1ccccn1.[c-]1ccccc1-c1ccccn1.[c-]1ccccc1-c1ccccn1. The summed E-state index contributed by atoms with van der Waals surface area (Å²) in [6.07, 6.45) is 17.7. The van der Waals surface area contributed by atoms with Gasteiger partial charge in [-0.3, -0.25) is 9.97 Å². The van der Waals surface area contributed by atoms with Crippen LogP contribution in [0.5, 0.6) is 0 Å². The van der Waals surface area contributed by atoms with Gasteiger partial charge < -0.3 is 57.5 Å². The standard InChI is InChI=1S/4C16H9N2O.4C11H8N.4Ir/c1-2-8-17-14(5-1)11-6-7-15-13(10-11)12-4-3-9-18-16(12)19-15;1-2-7-15-11(5-1)12-8-9-14(18-16(12)19-15)13-6-3-4-10-17-13;1-2-7-14-11(5-1)16-15(19-14)9-8-13(18-16)12-6-3-4-10-17-12;1-2-8-17-13(4-1)11-6-7-14-12(10-11)16-15(19-14)5-3-9-18-16;4*1-2-6-10(7-3-1)11-8-4-5-9-12-11;;;;/h1-5,7-10H;1-8,10H;1-7,9-10H;1-5,7-10H;4*1-6,8-9H;;;;/q8*-1;;;;. The van der Waals surface area contributed by atoms with Crippen molar-refractivity contribution in [2.75, 3.05) is 0 Å². The molecule has 0 bridgehead atoms. The van der Waals surface area contributed by atoms with Crippen molar-refractivity contribution in [3.05, 3.63) is 462 Å². The maximum Gasteiger partial charge on any atom is 0.216 e. The zero-order valence-corrected chi connectivity index (χ0v) is 77.2. The zero-order chi connectivity index (χ0) is 83.5. The Hall–Kier alpha value is -14.6. The molecule has 0 fully saturated rings. The first-order chi connectivity index (χ1) is 61.5. The quantitative estimate of drug-likeness (QED) is 0.130. The maximum absolute atomic E-state index is 5.76. The van der Waals surface area contributed by atoms with E-state index in [2.05, 4.69) is 108 Å². The van der Waals surface area contributed by atoms with E-state index < -0.39 is 0 Å². The molecule has 16 aromatic heterocycles. The van der Waals surface area contributed by atoms with E-state index in [4.69, 9.17) is 17.7 Å². The van der Waals surface area contributed by atoms with Gasteiger partial charge in [-0.1, -0.05) is 144 Å². The molecular formula is C108H68Ir4N12O4-8. The van der Waals surface area contributed by atoms with Crippen LogP contribution in [-0.2, 0) is 80.4 Å². The fraction of sp³-hybridized carbons (Fsp3) is 0. The Bertz CT molecular complexity index is 6650. The number of hydrogen-bond acceptors (Lipinski definition) is 16. The Morgan fingerprint density at radius 1 is 0.180 bits per heavy atom. The van der Waals surface area contributed by atoms with Gasteiger partial charge in [-0.2, -0.15) is 18.2 Å². The monoisotopic (exact) mass is 2370 g/mol. The van der Waals surface area contributed by atoms with E-state index in [9.17, 15) is 0 Å². The normalized spacial score (nSPS) is 10.2. The minimum atomic E-state index is 0. The minimum absolute atomic E-state index is 0. The predicted octanol–water partition coefficient (Wildman–Crippen LogP) is 25.6. The molecule has 0 spiro atoms. The molecule has 24 rings (SSSR count). The van der Waals surface area contributed by atoms with Gasteiger partial charge in [0, 0.05) is 153 Å². The van der Waals surface area contributed by atoms with Gasteiger partial charge in [0.2, 0.25) is 5.71 Å². The molecule has 16 nitrogen and oxygen atoms in total.